The lowest BCUT2D eigenvalue weighted by Gasteiger charge is -2.42. The Bertz CT molecular complexity index is 715. The third kappa shape index (κ3) is 3.18. The molecule has 0 bridgehead atoms. The number of rotatable bonds is 3. The standard InChI is InChI=1S/C23H32N2O3/c26-22(25-13-11-24(12-14-25)19-5-1-2-6-19)23(9-3-4-10-23)18-7-8-20-21(17-18)28-16-15-27-20/h7-8,17,19H,1-6,9-16H2. The molecule has 4 aliphatic rings. The SMILES string of the molecule is O=C(N1CCN(C2CCCC2)CC1)C1(c2ccc3c(c2)OCCO3)CCCC1. The Kier molecular flexibility index (Phi) is 4.95. The molecule has 1 saturated heterocycles. The Labute approximate surface area is 168 Å². The van der Waals surface area contributed by atoms with Crippen LogP contribution in [0.3, 0.4) is 0 Å². The smallest absolute Gasteiger partial charge is 0.233 e. The second-order valence-electron chi connectivity index (χ2n) is 8.91. The van der Waals surface area contributed by atoms with E-state index < -0.39 is 0 Å². The zero-order valence-corrected chi connectivity index (χ0v) is 16.8. The van der Waals surface area contributed by atoms with Crippen molar-refractivity contribution in [2.45, 2.75) is 62.8 Å². The Morgan fingerprint density at radius 2 is 1.57 bits per heavy atom. The number of piperazine rings is 1. The predicted octanol–water partition coefficient (Wildman–Crippen LogP) is 3.36. The summed E-state index contributed by atoms with van der Waals surface area (Å²) in [4.78, 5) is 18.5. The third-order valence-electron chi connectivity index (χ3n) is 7.40. The molecule has 0 radical (unpaired) electrons. The molecule has 5 heteroatoms. The average molecular weight is 385 g/mol. The molecule has 0 aromatic heterocycles. The van der Waals surface area contributed by atoms with Gasteiger partial charge in [0.25, 0.3) is 0 Å². The molecular formula is C23H32N2O3. The summed E-state index contributed by atoms with van der Waals surface area (Å²) in [6.07, 6.45) is 9.59. The van der Waals surface area contributed by atoms with Crippen LogP contribution in [0.15, 0.2) is 18.2 Å². The molecule has 0 atom stereocenters. The maximum Gasteiger partial charge on any atom is 0.233 e. The van der Waals surface area contributed by atoms with E-state index in [9.17, 15) is 4.79 Å². The van der Waals surface area contributed by atoms with Crippen molar-refractivity contribution >= 4 is 5.91 Å². The lowest BCUT2D eigenvalue weighted by Crippen LogP contribution is -2.55. The van der Waals surface area contributed by atoms with Gasteiger partial charge < -0.3 is 14.4 Å². The molecule has 2 aliphatic heterocycles. The van der Waals surface area contributed by atoms with Crippen molar-refractivity contribution in [1.82, 2.24) is 9.80 Å². The number of carbonyl (C=O) groups excluding carboxylic acids is 1. The van der Waals surface area contributed by atoms with E-state index in [-0.39, 0.29) is 5.41 Å². The normalized spacial score (nSPS) is 25.2. The minimum Gasteiger partial charge on any atom is -0.486 e. The highest BCUT2D eigenvalue weighted by Crippen LogP contribution is 2.45. The van der Waals surface area contributed by atoms with Crippen LogP contribution in [0.4, 0.5) is 0 Å². The van der Waals surface area contributed by atoms with Crippen molar-refractivity contribution < 1.29 is 14.3 Å². The Balaban J connectivity index is 1.34. The van der Waals surface area contributed by atoms with Crippen molar-refractivity contribution in [3.63, 3.8) is 0 Å². The minimum atomic E-state index is -0.370. The summed E-state index contributed by atoms with van der Waals surface area (Å²) in [6.45, 7) is 5.01. The van der Waals surface area contributed by atoms with Crippen molar-refractivity contribution in [2.24, 2.45) is 0 Å². The first-order valence-corrected chi connectivity index (χ1v) is 11.2. The molecule has 1 aromatic rings. The highest BCUT2D eigenvalue weighted by atomic mass is 16.6. The highest BCUT2D eigenvalue weighted by molar-refractivity contribution is 5.89. The summed E-state index contributed by atoms with van der Waals surface area (Å²) in [7, 11) is 0. The van der Waals surface area contributed by atoms with E-state index >= 15 is 0 Å². The van der Waals surface area contributed by atoms with Crippen LogP contribution in [0, 0.1) is 0 Å². The molecule has 152 valence electrons. The number of ether oxygens (including phenoxy) is 2. The summed E-state index contributed by atoms with van der Waals surface area (Å²) < 4.78 is 11.5. The van der Waals surface area contributed by atoms with Gasteiger partial charge in [-0.1, -0.05) is 31.7 Å². The average Bonchev–Trinajstić information content (AvgIpc) is 3.46. The second kappa shape index (κ2) is 7.58. The predicted molar refractivity (Wildman–Crippen MR) is 108 cm³/mol. The van der Waals surface area contributed by atoms with Crippen molar-refractivity contribution in [2.75, 3.05) is 39.4 Å². The molecule has 3 fully saturated rings. The first-order chi connectivity index (χ1) is 13.8. The molecule has 0 N–H and O–H groups in total. The van der Waals surface area contributed by atoms with E-state index in [4.69, 9.17) is 9.47 Å². The number of nitrogens with zero attached hydrogens (tertiary/aromatic N) is 2. The number of amides is 1. The molecule has 5 rings (SSSR count). The van der Waals surface area contributed by atoms with Crippen LogP contribution in [0.1, 0.15) is 56.9 Å². The van der Waals surface area contributed by atoms with E-state index in [2.05, 4.69) is 21.9 Å². The van der Waals surface area contributed by atoms with Gasteiger partial charge in [0.1, 0.15) is 13.2 Å². The van der Waals surface area contributed by atoms with Gasteiger partial charge in [0.2, 0.25) is 5.91 Å². The van der Waals surface area contributed by atoms with E-state index in [0.29, 0.717) is 19.1 Å². The zero-order valence-electron chi connectivity index (χ0n) is 16.8. The summed E-state index contributed by atoms with van der Waals surface area (Å²) in [5, 5.41) is 0. The van der Waals surface area contributed by atoms with Gasteiger partial charge in [-0.2, -0.15) is 0 Å². The van der Waals surface area contributed by atoms with Crippen LogP contribution in [-0.2, 0) is 10.2 Å². The number of carbonyl (C=O) groups is 1. The molecule has 1 amide bonds. The van der Waals surface area contributed by atoms with E-state index in [1.807, 2.05) is 6.07 Å². The Hall–Kier alpha value is -1.75. The van der Waals surface area contributed by atoms with Gasteiger partial charge in [-0.05, 0) is 43.4 Å². The molecule has 2 aliphatic carbocycles. The largest absolute Gasteiger partial charge is 0.486 e. The van der Waals surface area contributed by atoms with Gasteiger partial charge in [-0.3, -0.25) is 9.69 Å². The fraction of sp³-hybridized carbons (Fsp3) is 0.696. The minimum absolute atomic E-state index is 0.341. The highest BCUT2D eigenvalue weighted by Gasteiger charge is 2.46. The summed E-state index contributed by atoms with van der Waals surface area (Å²) in [5.74, 6) is 1.95. The summed E-state index contributed by atoms with van der Waals surface area (Å²) >= 11 is 0. The lowest BCUT2D eigenvalue weighted by atomic mass is 9.77. The van der Waals surface area contributed by atoms with E-state index in [1.54, 1.807) is 0 Å². The van der Waals surface area contributed by atoms with Crippen LogP contribution in [0.5, 0.6) is 11.5 Å². The van der Waals surface area contributed by atoms with Crippen LogP contribution >= 0.6 is 0 Å². The maximum absolute atomic E-state index is 13.8. The topological polar surface area (TPSA) is 42.0 Å². The monoisotopic (exact) mass is 384 g/mol. The molecule has 2 heterocycles. The van der Waals surface area contributed by atoms with Gasteiger partial charge in [0.15, 0.2) is 11.5 Å². The molecular weight excluding hydrogens is 352 g/mol. The van der Waals surface area contributed by atoms with Crippen molar-refractivity contribution in [3.8, 4) is 11.5 Å². The number of fused-ring (bicyclic) bond motifs is 1. The van der Waals surface area contributed by atoms with Crippen LogP contribution in [0.2, 0.25) is 0 Å². The molecule has 28 heavy (non-hydrogen) atoms. The van der Waals surface area contributed by atoms with Gasteiger partial charge in [0, 0.05) is 32.2 Å². The number of benzene rings is 1. The number of hydrogen-bond donors (Lipinski definition) is 0. The third-order valence-corrected chi connectivity index (χ3v) is 7.40. The van der Waals surface area contributed by atoms with Crippen molar-refractivity contribution in [1.29, 1.82) is 0 Å². The van der Waals surface area contributed by atoms with Gasteiger partial charge >= 0.3 is 0 Å². The van der Waals surface area contributed by atoms with Crippen LogP contribution in [0.25, 0.3) is 0 Å². The van der Waals surface area contributed by atoms with E-state index in [1.165, 1.54) is 25.7 Å². The summed E-state index contributed by atoms with van der Waals surface area (Å²) in [6, 6.07) is 6.93. The maximum atomic E-state index is 13.8. The summed E-state index contributed by atoms with van der Waals surface area (Å²) in [5.41, 5.74) is 0.753. The first-order valence-electron chi connectivity index (χ1n) is 11.2. The van der Waals surface area contributed by atoms with Crippen molar-refractivity contribution in [3.05, 3.63) is 23.8 Å². The quantitative estimate of drug-likeness (QED) is 0.801. The Morgan fingerprint density at radius 3 is 2.29 bits per heavy atom. The lowest BCUT2D eigenvalue weighted by molar-refractivity contribution is -0.139. The Morgan fingerprint density at radius 1 is 0.893 bits per heavy atom. The fourth-order valence-electron chi connectivity index (χ4n) is 5.81. The van der Waals surface area contributed by atoms with Crippen LogP contribution in [-0.4, -0.2) is 61.1 Å². The van der Waals surface area contributed by atoms with E-state index in [0.717, 1.165) is 75.0 Å². The molecule has 0 unspecified atom stereocenters. The molecule has 0 spiro atoms. The van der Waals surface area contributed by atoms with Gasteiger partial charge in [-0.25, -0.2) is 0 Å². The first kappa shape index (κ1) is 18.3. The van der Waals surface area contributed by atoms with Crippen LogP contribution < -0.4 is 9.47 Å². The number of hydrogen-bond acceptors (Lipinski definition) is 4. The molecule has 1 aromatic carbocycles. The van der Waals surface area contributed by atoms with Gasteiger partial charge in [0.05, 0.1) is 5.41 Å². The molecule has 5 nitrogen and oxygen atoms in total. The fourth-order valence-corrected chi connectivity index (χ4v) is 5.81. The second-order valence-corrected chi connectivity index (χ2v) is 8.91. The molecule has 2 saturated carbocycles. The van der Waals surface area contributed by atoms with Gasteiger partial charge in [-0.15, -0.1) is 0 Å². The zero-order chi connectivity index (χ0) is 19.0.